The second kappa shape index (κ2) is 9.75. The van der Waals surface area contributed by atoms with Crippen molar-refractivity contribution in [1.82, 2.24) is 9.97 Å². The fourth-order valence-corrected chi connectivity index (χ4v) is 1.84. The second-order valence-electron chi connectivity index (χ2n) is 4.85. The molecule has 0 aromatic carbocycles. The summed E-state index contributed by atoms with van der Waals surface area (Å²) >= 11 is 0. The Morgan fingerprint density at radius 3 is 2.14 bits per heavy atom. The molecule has 0 spiro atoms. The van der Waals surface area contributed by atoms with Gasteiger partial charge in [0, 0.05) is 25.2 Å². The van der Waals surface area contributed by atoms with E-state index in [1.54, 1.807) is 12.4 Å². The summed E-state index contributed by atoms with van der Waals surface area (Å²) in [7, 11) is 0. The number of aliphatic hydroxyl groups is 4. The zero-order chi connectivity index (χ0) is 15.7. The summed E-state index contributed by atoms with van der Waals surface area (Å²) in [6.45, 7) is 1.80. The standard InChI is InChI=1S/C14H24N2O5/c1-2-12(21-4-3-17)5-10-7-16-11(8-15-10)6-13(19)14(20)9-18/h7-8,12-14,17-20H,2-6,9H2,1H3/t12-,13+,14-/m1/s1. The molecule has 0 aliphatic rings. The average Bonchev–Trinajstić information content (AvgIpc) is 2.52. The van der Waals surface area contributed by atoms with E-state index in [4.69, 9.17) is 14.9 Å². The van der Waals surface area contributed by atoms with E-state index in [-0.39, 0.29) is 19.1 Å². The molecule has 1 aromatic rings. The van der Waals surface area contributed by atoms with Crippen LogP contribution in [0.1, 0.15) is 24.7 Å². The van der Waals surface area contributed by atoms with Gasteiger partial charge in [-0.2, -0.15) is 0 Å². The topological polar surface area (TPSA) is 116 Å². The average molecular weight is 300 g/mol. The monoisotopic (exact) mass is 300 g/mol. The van der Waals surface area contributed by atoms with Crippen LogP contribution >= 0.6 is 0 Å². The quantitative estimate of drug-likeness (QED) is 0.441. The predicted molar refractivity (Wildman–Crippen MR) is 75.7 cm³/mol. The van der Waals surface area contributed by atoms with E-state index in [9.17, 15) is 10.2 Å². The van der Waals surface area contributed by atoms with Gasteiger partial charge in [-0.15, -0.1) is 0 Å². The molecule has 0 saturated heterocycles. The molecule has 7 nitrogen and oxygen atoms in total. The highest BCUT2D eigenvalue weighted by Crippen LogP contribution is 2.08. The van der Waals surface area contributed by atoms with Crippen molar-refractivity contribution < 1.29 is 25.2 Å². The molecule has 1 heterocycles. The molecular weight excluding hydrogens is 276 g/mol. The van der Waals surface area contributed by atoms with E-state index in [2.05, 4.69) is 9.97 Å². The lowest BCUT2D eigenvalue weighted by Crippen LogP contribution is -2.31. The van der Waals surface area contributed by atoms with Gasteiger partial charge in [-0.05, 0) is 6.42 Å². The van der Waals surface area contributed by atoms with Crippen LogP contribution in [0.25, 0.3) is 0 Å². The first-order chi connectivity index (χ1) is 10.1. The summed E-state index contributed by atoms with van der Waals surface area (Å²) in [5, 5.41) is 36.4. The van der Waals surface area contributed by atoms with Crippen molar-refractivity contribution in [1.29, 1.82) is 0 Å². The summed E-state index contributed by atoms with van der Waals surface area (Å²) in [6, 6.07) is 0. The van der Waals surface area contributed by atoms with Gasteiger partial charge in [-0.3, -0.25) is 9.97 Å². The minimum Gasteiger partial charge on any atom is -0.394 e. The minimum atomic E-state index is -1.18. The summed E-state index contributed by atoms with van der Waals surface area (Å²) in [6.07, 6.45) is 2.44. The minimum absolute atomic E-state index is 0.00775. The van der Waals surface area contributed by atoms with E-state index in [0.29, 0.717) is 18.7 Å². The molecule has 0 bridgehead atoms. The molecule has 7 heteroatoms. The Bertz CT molecular complexity index is 387. The van der Waals surface area contributed by atoms with Crippen LogP contribution in [0.5, 0.6) is 0 Å². The fraction of sp³-hybridized carbons (Fsp3) is 0.714. The Balaban J connectivity index is 2.53. The Hall–Kier alpha value is -1.12. The summed E-state index contributed by atoms with van der Waals surface area (Å²) < 4.78 is 5.47. The molecular formula is C14H24N2O5. The largest absolute Gasteiger partial charge is 0.394 e. The van der Waals surface area contributed by atoms with Crippen LogP contribution in [0.15, 0.2) is 12.4 Å². The number of hydrogen-bond donors (Lipinski definition) is 4. The molecule has 0 amide bonds. The van der Waals surface area contributed by atoms with E-state index in [0.717, 1.165) is 12.1 Å². The molecule has 0 fully saturated rings. The molecule has 120 valence electrons. The number of aromatic nitrogens is 2. The zero-order valence-electron chi connectivity index (χ0n) is 12.2. The third-order valence-corrected chi connectivity index (χ3v) is 3.15. The lowest BCUT2D eigenvalue weighted by molar-refractivity contribution is -0.0137. The number of rotatable bonds is 10. The smallest absolute Gasteiger partial charge is 0.103 e. The first-order valence-corrected chi connectivity index (χ1v) is 7.09. The van der Waals surface area contributed by atoms with Gasteiger partial charge >= 0.3 is 0 Å². The van der Waals surface area contributed by atoms with Gasteiger partial charge in [0.15, 0.2) is 0 Å². The van der Waals surface area contributed by atoms with Gasteiger partial charge in [0.05, 0.1) is 43.4 Å². The van der Waals surface area contributed by atoms with E-state index in [1.807, 2.05) is 6.92 Å². The molecule has 21 heavy (non-hydrogen) atoms. The van der Waals surface area contributed by atoms with E-state index >= 15 is 0 Å². The molecule has 0 aliphatic carbocycles. The van der Waals surface area contributed by atoms with Gasteiger partial charge in [-0.1, -0.05) is 6.92 Å². The number of hydrogen-bond acceptors (Lipinski definition) is 7. The van der Waals surface area contributed by atoms with Gasteiger partial charge in [0.25, 0.3) is 0 Å². The van der Waals surface area contributed by atoms with E-state index < -0.39 is 18.8 Å². The summed E-state index contributed by atoms with van der Waals surface area (Å²) in [5.41, 5.74) is 1.31. The van der Waals surface area contributed by atoms with Gasteiger partial charge in [-0.25, -0.2) is 0 Å². The van der Waals surface area contributed by atoms with Crippen molar-refractivity contribution in [3.8, 4) is 0 Å². The maximum Gasteiger partial charge on any atom is 0.103 e. The molecule has 4 N–H and O–H groups in total. The van der Waals surface area contributed by atoms with Crippen molar-refractivity contribution in [2.75, 3.05) is 19.8 Å². The maximum absolute atomic E-state index is 9.60. The van der Waals surface area contributed by atoms with Crippen LogP contribution in [-0.4, -0.2) is 68.5 Å². The van der Waals surface area contributed by atoms with Crippen LogP contribution in [-0.2, 0) is 17.6 Å². The summed E-state index contributed by atoms with van der Waals surface area (Å²) in [4.78, 5) is 8.44. The molecule has 1 rings (SSSR count). The highest BCUT2D eigenvalue weighted by Gasteiger charge is 2.16. The van der Waals surface area contributed by atoms with Crippen molar-refractivity contribution in [2.45, 2.75) is 44.5 Å². The first-order valence-electron chi connectivity index (χ1n) is 7.09. The Morgan fingerprint density at radius 1 is 1.05 bits per heavy atom. The van der Waals surface area contributed by atoms with Crippen LogP contribution in [0.4, 0.5) is 0 Å². The molecule has 0 unspecified atom stereocenters. The molecule has 0 saturated carbocycles. The Kier molecular flexibility index (Phi) is 8.33. The first kappa shape index (κ1) is 17.9. The second-order valence-corrected chi connectivity index (χ2v) is 4.85. The number of ether oxygens (including phenoxy) is 1. The maximum atomic E-state index is 9.60. The Morgan fingerprint density at radius 2 is 1.67 bits per heavy atom. The van der Waals surface area contributed by atoms with Crippen molar-refractivity contribution in [3.05, 3.63) is 23.8 Å². The van der Waals surface area contributed by atoms with Gasteiger partial charge in [0.1, 0.15) is 6.10 Å². The van der Waals surface area contributed by atoms with Crippen LogP contribution in [0, 0.1) is 0 Å². The van der Waals surface area contributed by atoms with Crippen molar-refractivity contribution >= 4 is 0 Å². The third-order valence-electron chi connectivity index (χ3n) is 3.15. The molecule has 0 radical (unpaired) electrons. The Labute approximate surface area is 124 Å². The lowest BCUT2D eigenvalue weighted by atomic mass is 10.1. The fourth-order valence-electron chi connectivity index (χ4n) is 1.84. The van der Waals surface area contributed by atoms with Crippen molar-refractivity contribution in [3.63, 3.8) is 0 Å². The zero-order valence-corrected chi connectivity index (χ0v) is 12.2. The highest BCUT2D eigenvalue weighted by atomic mass is 16.5. The third kappa shape index (κ3) is 6.45. The predicted octanol–water partition coefficient (Wildman–Crippen LogP) is -0.937. The van der Waals surface area contributed by atoms with Crippen LogP contribution < -0.4 is 0 Å². The molecule has 3 atom stereocenters. The lowest BCUT2D eigenvalue weighted by Gasteiger charge is -2.16. The number of nitrogens with zero attached hydrogens (tertiary/aromatic N) is 2. The van der Waals surface area contributed by atoms with Gasteiger partial charge in [0.2, 0.25) is 0 Å². The van der Waals surface area contributed by atoms with Gasteiger partial charge < -0.3 is 25.2 Å². The SMILES string of the molecule is CC[C@H](Cc1cnc(C[C@H](O)[C@H](O)CO)cn1)OCCO. The van der Waals surface area contributed by atoms with Crippen LogP contribution in [0.2, 0.25) is 0 Å². The molecule has 1 aromatic heterocycles. The van der Waals surface area contributed by atoms with Crippen LogP contribution in [0.3, 0.4) is 0 Å². The van der Waals surface area contributed by atoms with E-state index in [1.165, 1.54) is 0 Å². The normalized spacial score (nSPS) is 15.7. The molecule has 0 aliphatic heterocycles. The number of aliphatic hydroxyl groups excluding tert-OH is 4. The summed E-state index contributed by atoms with van der Waals surface area (Å²) in [5.74, 6) is 0. The highest BCUT2D eigenvalue weighted by molar-refractivity contribution is 5.05. The van der Waals surface area contributed by atoms with Crippen molar-refractivity contribution in [2.24, 2.45) is 0 Å².